The monoisotopic (exact) mass is 301 g/mol. The van der Waals surface area contributed by atoms with Crippen molar-refractivity contribution in [2.45, 2.75) is 6.10 Å². The number of nitrogens with one attached hydrogen (secondary N) is 2. The van der Waals surface area contributed by atoms with E-state index in [0.29, 0.717) is 6.61 Å². The Morgan fingerprint density at radius 3 is 2.95 bits per heavy atom. The molecule has 4 rings (SSSR count). The van der Waals surface area contributed by atoms with Gasteiger partial charge in [-0.3, -0.25) is 0 Å². The molecule has 1 atom stereocenters. The number of halogens is 1. The van der Waals surface area contributed by atoms with Crippen molar-refractivity contribution in [1.29, 1.82) is 0 Å². The number of benzene rings is 1. The van der Waals surface area contributed by atoms with Crippen molar-refractivity contribution in [3.8, 4) is 0 Å². The number of morpholine rings is 1. The van der Waals surface area contributed by atoms with E-state index in [1.165, 1.54) is 12.1 Å². The van der Waals surface area contributed by atoms with Gasteiger partial charge in [0, 0.05) is 19.3 Å². The summed E-state index contributed by atoms with van der Waals surface area (Å²) in [5, 5.41) is 5.91. The molecule has 1 fully saturated rings. The van der Waals surface area contributed by atoms with Crippen LogP contribution in [0.3, 0.4) is 0 Å². The maximum atomic E-state index is 13.0. The molecule has 0 aromatic heterocycles. The molecule has 1 aromatic carbocycles. The highest BCUT2D eigenvalue weighted by molar-refractivity contribution is 5.95. The molecule has 22 heavy (non-hydrogen) atoms. The number of allylic oxidation sites excluding steroid dienone is 1. The minimum Gasteiger partial charge on any atom is -0.370 e. The van der Waals surface area contributed by atoms with Crippen LogP contribution < -0.4 is 11.1 Å². The topological polar surface area (TPSA) is 52.1 Å². The van der Waals surface area contributed by atoms with E-state index in [-0.39, 0.29) is 11.9 Å². The van der Waals surface area contributed by atoms with Crippen LogP contribution in [0.25, 0.3) is 0 Å². The number of ether oxygens (including phenoxy) is 1. The first-order chi connectivity index (χ1) is 10.8. The van der Waals surface area contributed by atoms with Gasteiger partial charge in [-0.05, 0) is 29.8 Å². The van der Waals surface area contributed by atoms with E-state index in [4.69, 9.17) is 4.74 Å². The third-order valence-corrected chi connectivity index (χ3v) is 3.93. The second-order valence-corrected chi connectivity index (χ2v) is 5.31. The van der Waals surface area contributed by atoms with Gasteiger partial charge < -0.3 is 9.64 Å². The zero-order valence-electron chi connectivity index (χ0n) is 11.9. The summed E-state index contributed by atoms with van der Waals surface area (Å²) in [4.78, 5) is 2.25. The van der Waals surface area contributed by atoms with E-state index in [9.17, 15) is 4.39 Å². The molecule has 0 bridgehead atoms. The fourth-order valence-corrected chi connectivity index (χ4v) is 2.75. The van der Waals surface area contributed by atoms with Crippen molar-refractivity contribution < 1.29 is 9.13 Å². The van der Waals surface area contributed by atoms with Crippen molar-refractivity contribution in [2.24, 2.45) is 5.10 Å². The summed E-state index contributed by atoms with van der Waals surface area (Å²) in [6, 6.07) is 6.51. The molecule has 114 valence electrons. The Balaban J connectivity index is 1.50. The molecule has 6 nitrogen and oxygen atoms in total. The van der Waals surface area contributed by atoms with Gasteiger partial charge in [0.1, 0.15) is 11.9 Å². The number of hydrogen-bond donors (Lipinski definition) is 2. The Morgan fingerprint density at radius 2 is 2.09 bits per heavy atom. The second kappa shape index (κ2) is 5.43. The zero-order valence-corrected chi connectivity index (χ0v) is 11.9. The van der Waals surface area contributed by atoms with Gasteiger partial charge in [0.25, 0.3) is 0 Å². The van der Waals surface area contributed by atoms with Gasteiger partial charge in [0.15, 0.2) is 5.84 Å². The van der Waals surface area contributed by atoms with Crippen LogP contribution in [0.15, 0.2) is 53.4 Å². The standard InChI is InChI=1S/C15H16FN5O/c16-12-3-1-11(2-4-12)14-10-20(7-8-22-14)13-5-6-15-17-18-19-21(15)9-13/h1-6,9,14,18-19H,7-8,10H2/t14-/m1/s1. The van der Waals surface area contributed by atoms with E-state index in [1.54, 1.807) is 12.1 Å². The first-order valence-corrected chi connectivity index (χ1v) is 7.19. The van der Waals surface area contributed by atoms with E-state index >= 15 is 0 Å². The minimum atomic E-state index is -0.228. The molecular weight excluding hydrogens is 285 g/mol. The minimum absolute atomic E-state index is 0.0524. The summed E-state index contributed by atoms with van der Waals surface area (Å²) in [6.07, 6.45) is 5.93. The molecule has 0 spiro atoms. The Bertz CT molecular complexity index is 654. The summed E-state index contributed by atoms with van der Waals surface area (Å²) >= 11 is 0. The van der Waals surface area contributed by atoms with Crippen LogP contribution in [-0.2, 0) is 4.74 Å². The van der Waals surface area contributed by atoms with Crippen molar-refractivity contribution in [3.63, 3.8) is 0 Å². The normalized spacial score (nSPS) is 23.8. The van der Waals surface area contributed by atoms with Gasteiger partial charge in [0.05, 0.1) is 12.3 Å². The van der Waals surface area contributed by atoms with Crippen LogP contribution in [0, 0.1) is 5.82 Å². The van der Waals surface area contributed by atoms with Crippen molar-refractivity contribution in [2.75, 3.05) is 19.7 Å². The van der Waals surface area contributed by atoms with Crippen LogP contribution in [0.4, 0.5) is 4.39 Å². The molecule has 2 N–H and O–H groups in total. The number of nitrogens with zero attached hydrogens (tertiary/aromatic N) is 3. The molecule has 3 aliphatic rings. The van der Waals surface area contributed by atoms with Crippen molar-refractivity contribution >= 4 is 5.84 Å². The molecule has 0 aliphatic carbocycles. The van der Waals surface area contributed by atoms with Gasteiger partial charge >= 0.3 is 0 Å². The van der Waals surface area contributed by atoms with E-state index in [0.717, 1.165) is 30.2 Å². The summed E-state index contributed by atoms with van der Waals surface area (Å²) in [5.41, 5.74) is 7.73. The Labute approximate surface area is 127 Å². The molecule has 0 radical (unpaired) electrons. The van der Waals surface area contributed by atoms with Crippen LogP contribution in [-0.4, -0.2) is 35.4 Å². The van der Waals surface area contributed by atoms with Gasteiger partial charge in [-0.2, -0.15) is 0 Å². The highest BCUT2D eigenvalue weighted by Crippen LogP contribution is 2.26. The molecular formula is C15H16FN5O. The molecule has 1 saturated heterocycles. The van der Waals surface area contributed by atoms with Crippen molar-refractivity contribution in [1.82, 2.24) is 21.0 Å². The summed E-state index contributed by atoms with van der Waals surface area (Å²) < 4.78 is 18.9. The summed E-state index contributed by atoms with van der Waals surface area (Å²) in [7, 11) is 0. The fourth-order valence-electron chi connectivity index (χ4n) is 2.75. The number of fused-ring (bicyclic) bond motifs is 1. The van der Waals surface area contributed by atoms with Crippen LogP contribution >= 0.6 is 0 Å². The third-order valence-electron chi connectivity index (χ3n) is 3.93. The first-order valence-electron chi connectivity index (χ1n) is 7.19. The van der Waals surface area contributed by atoms with E-state index in [1.807, 2.05) is 23.4 Å². The molecule has 3 aliphatic heterocycles. The second-order valence-electron chi connectivity index (χ2n) is 5.31. The molecule has 1 aromatic rings. The first kappa shape index (κ1) is 13.3. The lowest BCUT2D eigenvalue weighted by Crippen LogP contribution is -2.42. The molecule has 0 saturated carbocycles. The predicted octanol–water partition coefficient (Wildman–Crippen LogP) is 1.25. The third kappa shape index (κ3) is 2.44. The zero-order chi connectivity index (χ0) is 14.9. The van der Waals surface area contributed by atoms with Gasteiger partial charge in [-0.15, -0.1) is 10.6 Å². The van der Waals surface area contributed by atoms with Crippen LogP contribution in [0.1, 0.15) is 11.7 Å². The lowest BCUT2D eigenvalue weighted by molar-refractivity contribution is -0.0173. The average molecular weight is 301 g/mol. The van der Waals surface area contributed by atoms with E-state index in [2.05, 4.69) is 21.1 Å². The fraction of sp³-hybridized carbons (Fsp3) is 0.267. The maximum absolute atomic E-state index is 13.0. The lowest BCUT2D eigenvalue weighted by atomic mass is 10.1. The maximum Gasteiger partial charge on any atom is 0.170 e. The quantitative estimate of drug-likeness (QED) is 0.861. The lowest BCUT2D eigenvalue weighted by Gasteiger charge is -2.36. The largest absolute Gasteiger partial charge is 0.370 e. The Morgan fingerprint density at radius 1 is 1.23 bits per heavy atom. The predicted molar refractivity (Wildman–Crippen MR) is 79.4 cm³/mol. The Kier molecular flexibility index (Phi) is 3.28. The van der Waals surface area contributed by atoms with Crippen LogP contribution in [0.2, 0.25) is 0 Å². The van der Waals surface area contributed by atoms with Crippen molar-refractivity contribution in [3.05, 3.63) is 59.7 Å². The number of hydrazone groups is 1. The van der Waals surface area contributed by atoms with Crippen LogP contribution in [0.5, 0.6) is 0 Å². The summed E-state index contributed by atoms with van der Waals surface area (Å²) in [6.45, 7) is 2.19. The number of rotatable bonds is 2. The highest BCUT2D eigenvalue weighted by atomic mass is 19.1. The summed E-state index contributed by atoms with van der Waals surface area (Å²) in [5.74, 6) is 0.598. The molecule has 7 heteroatoms. The number of hydrazine groups is 2. The number of amidine groups is 1. The number of hydrogen-bond acceptors (Lipinski definition) is 6. The van der Waals surface area contributed by atoms with Gasteiger partial charge in [-0.25, -0.2) is 14.9 Å². The molecule has 0 amide bonds. The van der Waals surface area contributed by atoms with Gasteiger partial charge in [0.2, 0.25) is 0 Å². The average Bonchev–Trinajstić information content (AvgIpc) is 3.03. The molecule has 0 unspecified atom stereocenters. The SMILES string of the molecule is Fc1ccc([C@H]2CN(C3=CN4NNN=C4C=C3)CCO2)cc1. The molecule has 3 heterocycles. The Hall–Kier alpha value is -2.38. The smallest absolute Gasteiger partial charge is 0.170 e. The van der Waals surface area contributed by atoms with Gasteiger partial charge in [-0.1, -0.05) is 12.1 Å². The highest BCUT2D eigenvalue weighted by Gasteiger charge is 2.25. The van der Waals surface area contributed by atoms with E-state index < -0.39 is 0 Å².